The number of hydrogen-bond donors (Lipinski definition) is 1. The lowest BCUT2D eigenvalue weighted by molar-refractivity contribution is -0.114. The first-order chi connectivity index (χ1) is 12.4. The maximum absolute atomic E-state index is 12.5. The topological polar surface area (TPSA) is 64.6 Å². The molecule has 0 saturated heterocycles. The standard InChI is InChI=1S/C18H12ClF2NO4/c1-25-14-8-9(7-13(19)15(14)26-18(20)21)6-12-10-4-2-3-5-11(10)16(23)22-17(12)24/h2-8,18H,1H3,(H,22,23,24)/b12-6-. The number of rotatable bonds is 4. The van der Waals surface area contributed by atoms with Crippen molar-refractivity contribution in [1.29, 1.82) is 0 Å². The summed E-state index contributed by atoms with van der Waals surface area (Å²) in [5.41, 5.74) is 1.47. The summed E-state index contributed by atoms with van der Waals surface area (Å²) < 4.78 is 34.4. The normalized spacial score (nSPS) is 15.0. The highest BCUT2D eigenvalue weighted by molar-refractivity contribution is 6.34. The molecular formula is C18H12ClF2NO4. The van der Waals surface area contributed by atoms with Crippen LogP contribution in [0, 0.1) is 0 Å². The van der Waals surface area contributed by atoms with E-state index in [0.29, 0.717) is 16.7 Å². The van der Waals surface area contributed by atoms with Gasteiger partial charge in [0.15, 0.2) is 11.5 Å². The molecule has 134 valence electrons. The molecule has 0 bridgehead atoms. The van der Waals surface area contributed by atoms with E-state index >= 15 is 0 Å². The van der Waals surface area contributed by atoms with Crippen LogP contribution in [0.2, 0.25) is 5.02 Å². The first-order valence-corrected chi connectivity index (χ1v) is 7.77. The Hall–Kier alpha value is -2.93. The van der Waals surface area contributed by atoms with Gasteiger partial charge in [0.1, 0.15) is 0 Å². The van der Waals surface area contributed by atoms with E-state index in [1.807, 2.05) is 0 Å². The number of carbonyl (C=O) groups is 2. The number of fused-ring (bicyclic) bond motifs is 1. The maximum Gasteiger partial charge on any atom is 0.387 e. The van der Waals surface area contributed by atoms with E-state index in [1.165, 1.54) is 25.3 Å². The molecule has 1 aliphatic heterocycles. The summed E-state index contributed by atoms with van der Waals surface area (Å²) in [6.07, 6.45) is 1.49. The largest absolute Gasteiger partial charge is 0.493 e. The average molecular weight is 380 g/mol. The van der Waals surface area contributed by atoms with Gasteiger partial charge in [-0.05, 0) is 35.4 Å². The van der Waals surface area contributed by atoms with Crippen molar-refractivity contribution in [2.75, 3.05) is 7.11 Å². The Balaban J connectivity index is 2.10. The minimum atomic E-state index is -3.06. The molecule has 1 aliphatic rings. The molecule has 2 amide bonds. The SMILES string of the molecule is COc1cc(/C=C2\C(=O)NC(=O)c3ccccc32)cc(Cl)c1OC(F)F. The van der Waals surface area contributed by atoms with Gasteiger partial charge in [0.2, 0.25) is 0 Å². The summed E-state index contributed by atoms with van der Waals surface area (Å²) >= 11 is 6.01. The Morgan fingerprint density at radius 1 is 1.12 bits per heavy atom. The van der Waals surface area contributed by atoms with Crippen molar-refractivity contribution in [2.45, 2.75) is 6.61 Å². The van der Waals surface area contributed by atoms with Crippen LogP contribution < -0.4 is 14.8 Å². The molecule has 1 N–H and O–H groups in total. The van der Waals surface area contributed by atoms with Crippen LogP contribution in [0.5, 0.6) is 11.5 Å². The molecule has 0 aliphatic carbocycles. The fourth-order valence-corrected chi connectivity index (χ4v) is 2.88. The van der Waals surface area contributed by atoms with Crippen LogP contribution in [0.25, 0.3) is 11.6 Å². The molecule has 0 spiro atoms. The van der Waals surface area contributed by atoms with E-state index in [9.17, 15) is 18.4 Å². The molecule has 8 heteroatoms. The molecule has 0 radical (unpaired) electrons. The average Bonchev–Trinajstić information content (AvgIpc) is 2.60. The summed E-state index contributed by atoms with van der Waals surface area (Å²) in [5.74, 6) is -1.36. The molecule has 3 rings (SSSR count). The van der Waals surface area contributed by atoms with Crippen LogP contribution in [-0.4, -0.2) is 25.5 Å². The first-order valence-electron chi connectivity index (χ1n) is 7.40. The van der Waals surface area contributed by atoms with Gasteiger partial charge in [-0.1, -0.05) is 29.8 Å². The van der Waals surface area contributed by atoms with Crippen molar-refractivity contribution >= 4 is 35.1 Å². The third kappa shape index (κ3) is 3.39. The zero-order chi connectivity index (χ0) is 18.8. The Kier molecular flexibility index (Phi) is 4.90. The Labute approximate surface area is 152 Å². The number of benzene rings is 2. The predicted molar refractivity (Wildman–Crippen MR) is 91.4 cm³/mol. The summed E-state index contributed by atoms with van der Waals surface area (Å²) in [5, 5.41) is 2.15. The van der Waals surface area contributed by atoms with Crippen LogP contribution in [0.3, 0.4) is 0 Å². The summed E-state index contributed by atoms with van der Waals surface area (Å²) in [6.45, 7) is -3.06. The van der Waals surface area contributed by atoms with Gasteiger partial charge in [-0.25, -0.2) is 0 Å². The summed E-state index contributed by atoms with van der Waals surface area (Å²) in [6, 6.07) is 9.39. The maximum atomic E-state index is 12.5. The quantitative estimate of drug-likeness (QED) is 0.649. The highest BCUT2D eigenvalue weighted by Crippen LogP contribution is 2.38. The lowest BCUT2D eigenvalue weighted by Crippen LogP contribution is -2.36. The number of alkyl halides is 2. The van der Waals surface area contributed by atoms with Crippen molar-refractivity contribution in [3.05, 3.63) is 58.1 Å². The van der Waals surface area contributed by atoms with E-state index in [0.717, 1.165) is 0 Å². The Morgan fingerprint density at radius 3 is 2.46 bits per heavy atom. The summed E-state index contributed by atoms with van der Waals surface area (Å²) in [7, 11) is 1.28. The van der Waals surface area contributed by atoms with Crippen LogP contribution >= 0.6 is 11.6 Å². The van der Waals surface area contributed by atoms with Crippen LogP contribution in [0.15, 0.2) is 36.4 Å². The highest BCUT2D eigenvalue weighted by atomic mass is 35.5. The van der Waals surface area contributed by atoms with E-state index in [1.54, 1.807) is 24.3 Å². The zero-order valence-electron chi connectivity index (χ0n) is 13.4. The summed E-state index contributed by atoms with van der Waals surface area (Å²) in [4.78, 5) is 24.1. The molecular weight excluding hydrogens is 368 g/mol. The molecule has 26 heavy (non-hydrogen) atoms. The molecule has 2 aromatic rings. The molecule has 1 heterocycles. The van der Waals surface area contributed by atoms with E-state index in [-0.39, 0.29) is 22.1 Å². The van der Waals surface area contributed by atoms with Crippen LogP contribution in [-0.2, 0) is 4.79 Å². The molecule has 0 atom stereocenters. The van der Waals surface area contributed by atoms with Crippen molar-refractivity contribution in [3.63, 3.8) is 0 Å². The molecule has 0 unspecified atom stereocenters. The second kappa shape index (κ2) is 7.13. The van der Waals surface area contributed by atoms with Gasteiger partial charge in [-0.3, -0.25) is 14.9 Å². The molecule has 0 saturated carbocycles. The third-order valence-electron chi connectivity index (χ3n) is 3.70. The molecule has 2 aromatic carbocycles. The van der Waals surface area contributed by atoms with E-state index in [2.05, 4.69) is 10.1 Å². The van der Waals surface area contributed by atoms with Gasteiger partial charge >= 0.3 is 6.61 Å². The monoisotopic (exact) mass is 379 g/mol. The highest BCUT2D eigenvalue weighted by Gasteiger charge is 2.27. The second-order valence-corrected chi connectivity index (χ2v) is 5.71. The molecule has 0 aromatic heterocycles. The second-order valence-electron chi connectivity index (χ2n) is 5.30. The number of imide groups is 1. The fraction of sp³-hybridized carbons (Fsp3) is 0.111. The van der Waals surface area contributed by atoms with Gasteiger partial charge in [0.05, 0.1) is 12.1 Å². The number of amides is 2. The van der Waals surface area contributed by atoms with E-state index in [4.69, 9.17) is 16.3 Å². The number of nitrogens with one attached hydrogen (secondary N) is 1. The molecule has 0 fully saturated rings. The van der Waals surface area contributed by atoms with Crippen LogP contribution in [0.4, 0.5) is 8.78 Å². The van der Waals surface area contributed by atoms with Crippen molar-refractivity contribution in [2.24, 2.45) is 0 Å². The molecule has 5 nitrogen and oxygen atoms in total. The van der Waals surface area contributed by atoms with Crippen LogP contribution in [0.1, 0.15) is 21.5 Å². The number of hydrogen-bond acceptors (Lipinski definition) is 4. The minimum Gasteiger partial charge on any atom is -0.493 e. The van der Waals surface area contributed by atoms with Gasteiger partial charge in [0.25, 0.3) is 11.8 Å². The number of halogens is 3. The van der Waals surface area contributed by atoms with Gasteiger partial charge in [0, 0.05) is 11.1 Å². The third-order valence-corrected chi connectivity index (χ3v) is 3.98. The number of carbonyl (C=O) groups excluding carboxylic acids is 2. The van der Waals surface area contributed by atoms with Crippen molar-refractivity contribution in [3.8, 4) is 11.5 Å². The Bertz CT molecular complexity index is 927. The number of methoxy groups -OCH3 is 1. The van der Waals surface area contributed by atoms with Crippen molar-refractivity contribution < 1.29 is 27.8 Å². The minimum absolute atomic E-state index is 0.00905. The van der Waals surface area contributed by atoms with Gasteiger partial charge in [-0.15, -0.1) is 0 Å². The lowest BCUT2D eigenvalue weighted by Gasteiger charge is -2.18. The number of ether oxygens (including phenoxy) is 2. The van der Waals surface area contributed by atoms with Crippen molar-refractivity contribution in [1.82, 2.24) is 5.32 Å². The van der Waals surface area contributed by atoms with Gasteiger partial charge in [-0.2, -0.15) is 8.78 Å². The smallest absolute Gasteiger partial charge is 0.387 e. The predicted octanol–water partition coefficient (Wildman–Crippen LogP) is 3.76. The van der Waals surface area contributed by atoms with Gasteiger partial charge < -0.3 is 9.47 Å². The zero-order valence-corrected chi connectivity index (χ0v) is 14.1. The lowest BCUT2D eigenvalue weighted by atomic mass is 9.93. The first kappa shape index (κ1) is 17.9. The fourth-order valence-electron chi connectivity index (χ4n) is 2.61. The van der Waals surface area contributed by atoms with E-state index < -0.39 is 18.4 Å². The Morgan fingerprint density at radius 2 is 1.81 bits per heavy atom.